The summed E-state index contributed by atoms with van der Waals surface area (Å²) in [7, 11) is 0. The topological polar surface area (TPSA) is 51.0 Å². The Bertz CT molecular complexity index is 283. The minimum atomic E-state index is -1.15. The first kappa shape index (κ1) is 4.87. The van der Waals surface area contributed by atoms with Crippen LogP contribution in [0.25, 0.3) is 0 Å². The van der Waals surface area contributed by atoms with Gasteiger partial charge in [0.1, 0.15) is 0 Å². The molecule has 1 aromatic heterocycles. The van der Waals surface area contributed by atoms with Gasteiger partial charge in [0.05, 0.1) is 5.92 Å². The van der Waals surface area contributed by atoms with Crippen molar-refractivity contribution in [2.24, 2.45) is 0 Å². The van der Waals surface area contributed by atoms with Crippen molar-refractivity contribution in [3.05, 3.63) is 11.7 Å². The van der Waals surface area contributed by atoms with Gasteiger partial charge in [-0.05, 0) is 19.8 Å². The van der Waals surface area contributed by atoms with Gasteiger partial charge in [-0.15, -0.1) is 0 Å². The van der Waals surface area contributed by atoms with Gasteiger partial charge in [0, 0.05) is 9.29 Å². The number of aryl methyl sites for hydroxylation is 1. The minimum Gasteiger partial charge on any atom is -0.339 e. The standard InChI is InChI=1S/C7H11N3O/c1-5-9-7(11-10-5)6-2-3-8-4-6/h6,8H,2-4H2,1H3/t6-/m1/s1/i1D2. The number of nitrogens with one attached hydrogen (secondary N) is 1. The summed E-state index contributed by atoms with van der Waals surface area (Å²) in [5, 5.41) is 6.76. The molecule has 0 aliphatic carbocycles. The van der Waals surface area contributed by atoms with E-state index in [-0.39, 0.29) is 11.7 Å². The van der Waals surface area contributed by atoms with Gasteiger partial charge in [-0.25, -0.2) is 0 Å². The van der Waals surface area contributed by atoms with E-state index < -0.39 is 6.88 Å². The Balaban J connectivity index is 2.12. The van der Waals surface area contributed by atoms with E-state index in [0.717, 1.165) is 19.5 Å². The molecule has 1 aromatic rings. The van der Waals surface area contributed by atoms with E-state index in [1.165, 1.54) is 0 Å². The van der Waals surface area contributed by atoms with Crippen LogP contribution in [0.2, 0.25) is 0 Å². The van der Waals surface area contributed by atoms with Crippen molar-refractivity contribution in [2.45, 2.75) is 19.2 Å². The Hall–Kier alpha value is -0.900. The third-order valence-electron chi connectivity index (χ3n) is 1.87. The van der Waals surface area contributed by atoms with Gasteiger partial charge in [-0.3, -0.25) is 0 Å². The molecule has 1 atom stereocenters. The van der Waals surface area contributed by atoms with Crippen molar-refractivity contribution < 1.29 is 7.26 Å². The fourth-order valence-electron chi connectivity index (χ4n) is 1.28. The lowest BCUT2D eigenvalue weighted by atomic mass is 10.1. The molecule has 2 heterocycles. The summed E-state index contributed by atoms with van der Waals surface area (Å²) < 4.78 is 19.1. The van der Waals surface area contributed by atoms with Crippen LogP contribution in [0.15, 0.2) is 4.52 Å². The molecular formula is C7H11N3O. The molecule has 60 valence electrons. The number of rotatable bonds is 1. The lowest BCUT2D eigenvalue weighted by Crippen LogP contribution is -2.08. The molecule has 0 aromatic carbocycles. The van der Waals surface area contributed by atoms with Gasteiger partial charge in [0.2, 0.25) is 5.89 Å². The van der Waals surface area contributed by atoms with E-state index in [2.05, 4.69) is 15.5 Å². The number of hydrogen-bond donors (Lipinski definition) is 1. The molecule has 0 saturated carbocycles. The summed E-state index contributed by atoms with van der Waals surface area (Å²) in [4.78, 5) is 4.00. The van der Waals surface area contributed by atoms with Crippen LogP contribution in [-0.4, -0.2) is 23.2 Å². The third-order valence-corrected chi connectivity index (χ3v) is 1.87. The van der Waals surface area contributed by atoms with E-state index in [1.807, 2.05) is 0 Å². The van der Waals surface area contributed by atoms with Gasteiger partial charge < -0.3 is 9.84 Å². The summed E-state index contributed by atoms with van der Waals surface area (Å²) in [6, 6.07) is 0. The minimum absolute atomic E-state index is 0.155. The van der Waals surface area contributed by atoms with Crippen LogP contribution in [-0.2, 0) is 0 Å². The molecule has 1 aliphatic rings. The van der Waals surface area contributed by atoms with Gasteiger partial charge in [0.25, 0.3) is 0 Å². The van der Waals surface area contributed by atoms with Crippen LogP contribution in [0, 0.1) is 6.88 Å². The maximum atomic E-state index is 7.07. The van der Waals surface area contributed by atoms with Crippen LogP contribution in [0.5, 0.6) is 0 Å². The Morgan fingerprint density at radius 1 is 1.82 bits per heavy atom. The van der Waals surface area contributed by atoms with Crippen LogP contribution in [0.1, 0.15) is 26.8 Å². The zero-order chi connectivity index (χ0) is 9.26. The largest absolute Gasteiger partial charge is 0.339 e. The number of nitrogens with zero attached hydrogens (tertiary/aromatic N) is 2. The predicted octanol–water partition coefficient (Wildman–Crippen LogP) is 0.455. The summed E-state index contributed by atoms with van der Waals surface area (Å²) in [6.45, 7) is 0.669. The third kappa shape index (κ3) is 1.26. The van der Waals surface area contributed by atoms with Crippen LogP contribution in [0.4, 0.5) is 0 Å². The number of aromatic nitrogens is 2. The highest BCUT2D eigenvalue weighted by atomic mass is 16.5. The molecule has 11 heavy (non-hydrogen) atoms. The SMILES string of the molecule is [2H]C([2H])c1noc([C@@H]2CCNC2)n1. The Morgan fingerprint density at radius 2 is 2.82 bits per heavy atom. The predicted molar refractivity (Wildman–Crippen MR) is 39.3 cm³/mol. The van der Waals surface area contributed by atoms with Crippen LogP contribution >= 0.6 is 0 Å². The molecular weight excluding hydrogens is 142 g/mol. The normalized spacial score (nSPS) is 27.2. The highest BCUT2D eigenvalue weighted by Crippen LogP contribution is 2.19. The Kier molecular flexibility index (Phi) is 1.16. The Labute approximate surface area is 67.8 Å². The molecule has 1 saturated heterocycles. The average Bonchev–Trinajstić information content (AvgIpc) is 2.75. The number of hydrogen-bond acceptors (Lipinski definition) is 4. The van der Waals surface area contributed by atoms with Gasteiger partial charge in [-0.2, -0.15) is 4.98 Å². The first-order chi connectivity index (χ1) is 6.27. The second-order valence-corrected chi connectivity index (χ2v) is 2.68. The molecule has 0 radical (unpaired) electrons. The van der Waals surface area contributed by atoms with Crippen LogP contribution in [0.3, 0.4) is 0 Å². The zero-order valence-electron chi connectivity index (χ0n) is 8.08. The molecule has 4 nitrogen and oxygen atoms in total. The van der Waals surface area contributed by atoms with E-state index >= 15 is 0 Å². The van der Waals surface area contributed by atoms with E-state index in [1.54, 1.807) is 0 Å². The fourth-order valence-corrected chi connectivity index (χ4v) is 1.28. The van der Waals surface area contributed by atoms with Gasteiger partial charge in [0.15, 0.2) is 5.82 Å². The maximum Gasteiger partial charge on any atom is 0.231 e. The molecule has 0 amide bonds. The summed E-state index contributed by atoms with van der Waals surface area (Å²) in [5.74, 6) is 0.978. The van der Waals surface area contributed by atoms with Crippen molar-refractivity contribution in [1.82, 2.24) is 15.5 Å². The molecule has 0 bridgehead atoms. The van der Waals surface area contributed by atoms with Crippen molar-refractivity contribution in [3.8, 4) is 0 Å². The van der Waals surface area contributed by atoms with E-state index in [9.17, 15) is 0 Å². The molecule has 0 unspecified atom stereocenters. The average molecular weight is 155 g/mol. The van der Waals surface area contributed by atoms with Crippen LogP contribution < -0.4 is 5.32 Å². The fraction of sp³-hybridized carbons (Fsp3) is 0.714. The Morgan fingerprint density at radius 3 is 3.45 bits per heavy atom. The first-order valence-electron chi connectivity index (χ1n) is 4.81. The molecule has 1 N–H and O–H groups in total. The van der Waals surface area contributed by atoms with Crippen molar-refractivity contribution in [1.29, 1.82) is 0 Å². The highest BCUT2D eigenvalue weighted by molar-refractivity contribution is 4.96. The van der Waals surface area contributed by atoms with E-state index in [4.69, 9.17) is 7.26 Å². The second kappa shape index (κ2) is 2.62. The second-order valence-electron chi connectivity index (χ2n) is 2.68. The van der Waals surface area contributed by atoms with Crippen molar-refractivity contribution in [2.75, 3.05) is 13.1 Å². The molecule has 0 spiro atoms. The maximum absolute atomic E-state index is 7.07. The first-order valence-corrected chi connectivity index (χ1v) is 3.66. The molecule has 4 heteroatoms. The zero-order valence-corrected chi connectivity index (χ0v) is 6.08. The lowest BCUT2D eigenvalue weighted by Gasteiger charge is -1.97. The van der Waals surface area contributed by atoms with Crippen molar-refractivity contribution >= 4 is 0 Å². The quantitative estimate of drug-likeness (QED) is 0.640. The van der Waals surface area contributed by atoms with Gasteiger partial charge in [-0.1, -0.05) is 5.16 Å². The smallest absolute Gasteiger partial charge is 0.231 e. The summed E-state index contributed by atoms with van der Waals surface area (Å²) in [5.41, 5.74) is 0. The molecule has 2 rings (SSSR count). The monoisotopic (exact) mass is 155 g/mol. The molecule has 1 fully saturated rings. The van der Waals surface area contributed by atoms with Gasteiger partial charge >= 0.3 is 0 Å². The van der Waals surface area contributed by atoms with E-state index in [0.29, 0.717) is 5.89 Å². The lowest BCUT2D eigenvalue weighted by molar-refractivity contribution is 0.356. The molecule has 1 aliphatic heterocycles. The summed E-state index contributed by atoms with van der Waals surface area (Å²) in [6.07, 6.45) is 0.988. The highest BCUT2D eigenvalue weighted by Gasteiger charge is 2.21. The summed E-state index contributed by atoms with van der Waals surface area (Å²) >= 11 is 0. The van der Waals surface area contributed by atoms with Crippen molar-refractivity contribution in [3.63, 3.8) is 0 Å².